The second-order valence-corrected chi connectivity index (χ2v) is 5.37. The highest BCUT2D eigenvalue weighted by Gasteiger charge is 2.09. The van der Waals surface area contributed by atoms with Crippen molar-refractivity contribution in [2.24, 2.45) is 5.73 Å². The van der Waals surface area contributed by atoms with Gasteiger partial charge in [0.25, 0.3) is 0 Å². The minimum Gasteiger partial charge on any atom is -0.326 e. The van der Waals surface area contributed by atoms with Gasteiger partial charge in [0.1, 0.15) is 0 Å². The topological polar surface area (TPSA) is 51.8 Å². The zero-order valence-corrected chi connectivity index (χ0v) is 11.8. The molecule has 0 aliphatic heterocycles. The summed E-state index contributed by atoms with van der Waals surface area (Å²) in [7, 11) is 0. The van der Waals surface area contributed by atoms with Crippen molar-refractivity contribution in [1.29, 1.82) is 0 Å². The van der Waals surface area contributed by atoms with E-state index < -0.39 is 0 Å². The molecule has 2 rings (SSSR count). The number of benzene rings is 1. The van der Waals surface area contributed by atoms with E-state index in [1.165, 1.54) is 11.8 Å². The van der Waals surface area contributed by atoms with Crippen LogP contribution in [0, 0.1) is 13.8 Å². The average molecular weight is 280 g/mol. The first-order valence-corrected chi connectivity index (χ1v) is 6.77. The van der Waals surface area contributed by atoms with Gasteiger partial charge >= 0.3 is 0 Å². The molecular weight excluding hydrogens is 266 g/mol. The molecule has 0 amide bonds. The highest BCUT2D eigenvalue weighted by atomic mass is 35.5. The Balaban J connectivity index is 2.36. The van der Waals surface area contributed by atoms with Crippen LogP contribution in [0.15, 0.2) is 34.3 Å². The zero-order valence-electron chi connectivity index (χ0n) is 10.3. The average Bonchev–Trinajstić information content (AvgIpc) is 2.27. The molecule has 0 fully saturated rings. The van der Waals surface area contributed by atoms with Gasteiger partial charge in [-0.1, -0.05) is 17.7 Å². The van der Waals surface area contributed by atoms with Crippen molar-refractivity contribution < 1.29 is 0 Å². The van der Waals surface area contributed by atoms with Crippen LogP contribution in [-0.4, -0.2) is 9.97 Å². The molecule has 0 aliphatic rings. The van der Waals surface area contributed by atoms with Crippen LogP contribution in [0.4, 0.5) is 0 Å². The molecule has 0 saturated heterocycles. The molecule has 1 heterocycles. The molecule has 94 valence electrons. The third-order valence-corrected chi connectivity index (χ3v) is 3.76. The van der Waals surface area contributed by atoms with E-state index in [-0.39, 0.29) is 0 Å². The van der Waals surface area contributed by atoms with Gasteiger partial charge in [-0.2, -0.15) is 0 Å². The summed E-state index contributed by atoms with van der Waals surface area (Å²) in [6.45, 7) is 4.33. The van der Waals surface area contributed by atoms with Gasteiger partial charge in [0.05, 0.1) is 0 Å². The van der Waals surface area contributed by atoms with Crippen LogP contribution in [0.1, 0.15) is 17.0 Å². The van der Waals surface area contributed by atoms with Crippen molar-refractivity contribution in [3.63, 3.8) is 0 Å². The van der Waals surface area contributed by atoms with Gasteiger partial charge in [0.15, 0.2) is 5.16 Å². The Morgan fingerprint density at radius 1 is 1.22 bits per heavy atom. The van der Waals surface area contributed by atoms with Gasteiger partial charge in [-0.25, -0.2) is 9.97 Å². The number of halogens is 1. The Hall–Kier alpha value is -1.10. The number of rotatable bonds is 3. The number of hydrogen-bond donors (Lipinski definition) is 1. The molecular formula is C13H14ClN3S. The Morgan fingerprint density at radius 2 is 1.89 bits per heavy atom. The number of aromatic nitrogens is 2. The normalized spacial score (nSPS) is 10.7. The zero-order chi connectivity index (χ0) is 13.1. The predicted octanol–water partition coefficient (Wildman–Crippen LogP) is 3.36. The van der Waals surface area contributed by atoms with Crippen LogP contribution in [0.2, 0.25) is 5.02 Å². The second kappa shape index (κ2) is 5.69. The van der Waals surface area contributed by atoms with Crippen LogP contribution in [0.3, 0.4) is 0 Å². The van der Waals surface area contributed by atoms with Gasteiger partial charge in [0.2, 0.25) is 0 Å². The summed E-state index contributed by atoms with van der Waals surface area (Å²) >= 11 is 7.62. The van der Waals surface area contributed by atoms with Crippen molar-refractivity contribution in [3.05, 3.63) is 46.2 Å². The maximum Gasteiger partial charge on any atom is 0.192 e. The van der Waals surface area contributed by atoms with Crippen molar-refractivity contribution in [1.82, 2.24) is 9.97 Å². The summed E-state index contributed by atoms with van der Waals surface area (Å²) in [5.41, 5.74) is 8.58. The van der Waals surface area contributed by atoms with Crippen LogP contribution >= 0.6 is 23.4 Å². The lowest BCUT2D eigenvalue weighted by atomic mass is 10.2. The third-order valence-electron chi connectivity index (χ3n) is 2.44. The van der Waals surface area contributed by atoms with Gasteiger partial charge < -0.3 is 5.73 Å². The molecule has 0 spiro atoms. The number of nitrogens with two attached hydrogens (primary N) is 1. The highest BCUT2D eigenvalue weighted by Crippen LogP contribution is 2.31. The second-order valence-electron chi connectivity index (χ2n) is 3.96. The highest BCUT2D eigenvalue weighted by molar-refractivity contribution is 7.99. The molecule has 5 heteroatoms. The van der Waals surface area contributed by atoms with E-state index in [9.17, 15) is 0 Å². The Labute approximate surface area is 116 Å². The van der Waals surface area contributed by atoms with Crippen LogP contribution < -0.4 is 5.73 Å². The first-order chi connectivity index (χ1) is 8.60. The minimum absolute atomic E-state index is 0.410. The van der Waals surface area contributed by atoms with E-state index in [0.29, 0.717) is 11.6 Å². The van der Waals surface area contributed by atoms with Crippen molar-refractivity contribution in [2.75, 3.05) is 0 Å². The fourth-order valence-electron chi connectivity index (χ4n) is 1.67. The van der Waals surface area contributed by atoms with E-state index in [2.05, 4.69) is 9.97 Å². The molecule has 1 aromatic carbocycles. The van der Waals surface area contributed by atoms with Gasteiger partial charge in [-0.3, -0.25) is 0 Å². The van der Waals surface area contributed by atoms with Crippen molar-refractivity contribution in [2.45, 2.75) is 30.4 Å². The molecule has 0 saturated carbocycles. The maximum atomic E-state index is 6.12. The van der Waals surface area contributed by atoms with Gasteiger partial charge in [0, 0.05) is 27.9 Å². The fraction of sp³-hybridized carbons (Fsp3) is 0.231. The molecule has 2 N–H and O–H groups in total. The molecule has 2 aromatic rings. The van der Waals surface area contributed by atoms with E-state index in [4.69, 9.17) is 17.3 Å². The molecule has 0 radical (unpaired) electrons. The molecule has 0 unspecified atom stereocenters. The molecule has 18 heavy (non-hydrogen) atoms. The van der Waals surface area contributed by atoms with Crippen molar-refractivity contribution in [3.8, 4) is 0 Å². The van der Waals surface area contributed by atoms with Crippen LogP contribution in [0.5, 0.6) is 0 Å². The summed E-state index contributed by atoms with van der Waals surface area (Å²) < 4.78 is 0. The van der Waals surface area contributed by atoms with Gasteiger partial charge in [-0.15, -0.1) is 0 Å². The lowest BCUT2D eigenvalue weighted by molar-refractivity contribution is 0.900. The Kier molecular flexibility index (Phi) is 4.22. The summed E-state index contributed by atoms with van der Waals surface area (Å²) in [6, 6.07) is 7.69. The lowest BCUT2D eigenvalue weighted by Crippen LogP contribution is -2.00. The summed E-state index contributed by atoms with van der Waals surface area (Å²) in [5.74, 6) is 0. The van der Waals surface area contributed by atoms with Crippen LogP contribution in [0.25, 0.3) is 0 Å². The smallest absolute Gasteiger partial charge is 0.192 e. The van der Waals surface area contributed by atoms with E-state index in [0.717, 1.165) is 27.0 Å². The van der Waals surface area contributed by atoms with E-state index >= 15 is 0 Å². The lowest BCUT2D eigenvalue weighted by Gasteiger charge is -2.08. The predicted molar refractivity (Wildman–Crippen MR) is 75.0 cm³/mol. The standard InChI is InChI=1S/C13H14ClN3S/c1-8-6-9(2)17-13(16-8)18-12-5-3-4-11(14)10(12)7-15/h3-6H,7,15H2,1-2H3. The SMILES string of the molecule is Cc1cc(C)nc(Sc2cccc(Cl)c2CN)n1. The number of hydrogen-bond acceptors (Lipinski definition) is 4. The largest absolute Gasteiger partial charge is 0.326 e. The summed E-state index contributed by atoms with van der Waals surface area (Å²) in [4.78, 5) is 9.81. The molecule has 0 atom stereocenters. The maximum absolute atomic E-state index is 6.12. The third kappa shape index (κ3) is 3.02. The minimum atomic E-state index is 0.410. The fourth-order valence-corrected chi connectivity index (χ4v) is 3.02. The van der Waals surface area contributed by atoms with Gasteiger partial charge in [-0.05, 0) is 49.4 Å². The van der Waals surface area contributed by atoms with Crippen molar-refractivity contribution >= 4 is 23.4 Å². The first kappa shape index (κ1) is 13.3. The monoisotopic (exact) mass is 279 g/mol. The Bertz CT molecular complexity index is 552. The molecule has 0 bridgehead atoms. The number of nitrogens with zero attached hydrogens (tertiary/aromatic N) is 2. The summed E-state index contributed by atoms with van der Waals surface area (Å²) in [5, 5.41) is 1.41. The number of aryl methyl sites for hydroxylation is 2. The molecule has 0 aliphatic carbocycles. The van der Waals surface area contributed by atoms with Crippen LogP contribution in [-0.2, 0) is 6.54 Å². The molecule has 1 aromatic heterocycles. The first-order valence-electron chi connectivity index (χ1n) is 5.57. The van der Waals surface area contributed by atoms with E-state index in [1.54, 1.807) is 0 Å². The van der Waals surface area contributed by atoms with E-state index in [1.807, 2.05) is 38.1 Å². The quantitative estimate of drug-likeness (QED) is 0.876. The molecule has 3 nitrogen and oxygen atoms in total. The summed E-state index contributed by atoms with van der Waals surface area (Å²) in [6.07, 6.45) is 0. The Morgan fingerprint density at radius 3 is 2.50 bits per heavy atom.